The summed E-state index contributed by atoms with van der Waals surface area (Å²) < 4.78 is 23.9. The van der Waals surface area contributed by atoms with E-state index in [-0.39, 0.29) is 5.82 Å². The van der Waals surface area contributed by atoms with E-state index < -0.39 is 0 Å². The van der Waals surface area contributed by atoms with Crippen molar-refractivity contribution in [2.75, 3.05) is 20.2 Å². The molecule has 28 heavy (non-hydrogen) atoms. The van der Waals surface area contributed by atoms with Gasteiger partial charge >= 0.3 is 0 Å². The summed E-state index contributed by atoms with van der Waals surface area (Å²) in [6.07, 6.45) is 1.09. The Labute approximate surface area is 164 Å². The minimum atomic E-state index is -0.268. The lowest BCUT2D eigenvalue weighted by Crippen LogP contribution is -2.19. The molecule has 0 saturated carbocycles. The van der Waals surface area contributed by atoms with Gasteiger partial charge in [-0.15, -0.1) is 0 Å². The SMILES string of the molecule is COc1cccc(CN2CCC(c3cc(COc4ccc(F)cc4)[nH]n3)C2)c1. The lowest BCUT2D eigenvalue weighted by atomic mass is 10.1. The molecule has 1 fully saturated rings. The molecule has 1 aliphatic rings. The molecule has 0 radical (unpaired) electrons. The number of rotatable bonds is 7. The van der Waals surface area contributed by atoms with Crippen molar-refractivity contribution in [3.05, 3.63) is 77.4 Å². The van der Waals surface area contributed by atoms with Gasteiger partial charge in [-0.3, -0.25) is 10.00 Å². The van der Waals surface area contributed by atoms with E-state index in [0.29, 0.717) is 18.3 Å². The predicted molar refractivity (Wildman–Crippen MR) is 105 cm³/mol. The molecule has 2 heterocycles. The normalized spacial score (nSPS) is 17.0. The van der Waals surface area contributed by atoms with Gasteiger partial charge in [0.05, 0.1) is 18.5 Å². The van der Waals surface area contributed by atoms with Gasteiger partial charge < -0.3 is 9.47 Å². The first kappa shape index (κ1) is 18.5. The fourth-order valence-corrected chi connectivity index (χ4v) is 3.60. The molecule has 1 saturated heterocycles. The van der Waals surface area contributed by atoms with Crippen molar-refractivity contribution in [1.29, 1.82) is 0 Å². The topological polar surface area (TPSA) is 50.4 Å². The van der Waals surface area contributed by atoms with Crippen LogP contribution in [0.15, 0.2) is 54.6 Å². The van der Waals surface area contributed by atoms with E-state index in [9.17, 15) is 4.39 Å². The number of hydrogen-bond acceptors (Lipinski definition) is 4. The second-order valence-corrected chi connectivity index (χ2v) is 7.13. The lowest BCUT2D eigenvalue weighted by molar-refractivity contribution is 0.300. The minimum absolute atomic E-state index is 0.268. The summed E-state index contributed by atoms with van der Waals surface area (Å²) in [5.74, 6) is 1.69. The Kier molecular flexibility index (Phi) is 5.58. The first-order valence-corrected chi connectivity index (χ1v) is 9.47. The van der Waals surface area contributed by atoms with Crippen LogP contribution in [0, 0.1) is 5.82 Å². The lowest BCUT2D eigenvalue weighted by Gasteiger charge is -2.16. The van der Waals surface area contributed by atoms with Crippen LogP contribution in [0.2, 0.25) is 0 Å². The number of benzene rings is 2. The molecule has 1 N–H and O–H groups in total. The molecule has 0 aliphatic carbocycles. The molecule has 1 aliphatic heterocycles. The molecular formula is C22H24FN3O2. The van der Waals surface area contributed by atoms with Crippen LogP contribution >= 0.6 is 0 Å². The van der Waals surface area contributed by atoms with Crippen LogP contribution in [0.4, 0.5) is 4.39 Å². The molecule has 5 nitrogen and oxygen atoms in total. The number of aromatic amines is 1. The van der Waals surface area contributed by atoms with Gasteiger partial charge in [-0.1, -0.05) is 12.1 Å². The zero-order valence-corrected chi connectivity index (χ0v) is 15.9. The van der Waals surface area contributed by atoms with Gasteiger partial charge in [0.15, 0.2) is 0 Å². The zero-order chi connectivity index (χ0) is 19.3. The van der Waals surface area contributed by atoms with Crippen molar-refractivity contribution < 1.29 is 13.9 Å². The van der Waals surface area contributed by atoms with E-state index in [1.54, 1.807) is 19.2 Å². The van der Waals surface area contributed by atoms with Gasteiger partial charge in [0, 0.05) is 19.0 Å². The van der Waals surface area contributed by atoms with Crippen LogP contribution < -0.4 is 9.47 Å². The maximum absolute atomic E-state index is 13.0. The summed E-state index contributed by atoms with van der Waals surface area (Å²) in [6.45, 7) is 3.34. The number of halogens is 1. The Hall–Kier alpha value is -2.86. The fourth-order valence-electron chi connectivity index (χ4n) is 3.60. The molecule has 3 aromatic rings. The smallest absolute Gasteiger partial charge is 0.130 e. The number of methoxy groups -OCH3 is 1. The summed E-state index contributed by atoms with van der Waals surface area (Å²) in [7, 11) is 1.69. The van der Waals surface area contributed by atoms with E-state index >= 15 is 0 Å². The minimum Gasteiger partial charge on any atom is -0.497 e. The number of H-pyrrole nitrogens is 1. The van der Waals surface area contributed by atoms with Gasteiger partial charge in [0.2, 0.25) is 0 Å². The van der Waals surface area contributed by atoms with Crippen molar-refractivity contribution in [3.8, 4) is 11.5 Å². The van der Waals surface area contributed by atoms with Crippen LogP contribution in [0.5, 0.6) is 11.5 Å². The summed E-state index contributed by atoms with van der Waals surface area (Å²) in [5, 5.41) is 7.54. The molecule has 146 valence electrons. The fraction of sp³-hybridized carbons (Fsp3) is 0.318. The van der Waals surface area contributed by atoms with Crippen LogP contribution in [-0.2, 0) is 13.2 Å². The van der Waals surface area contributed by atoms with Crippen molar-refractivity contribution in [2.45, 2.75) is 25.5 Å². The second kappa shape index (κ2) is 8.44. The van der Waals surface area contributed by atoms with Crippen LogP contribution in [0.1, 0.15) is 29.3 Å². The van der Waals surface area contributed by atoms with E-state index in [1.807, 2.05) is 12.1 Å². The molecule has 1 aromatic heterocycles. The third kappa shape index (κ3) is 4.51. The first-order chi connectivity index (χ1) is 13.7. The molecule has 1 unspecified atom stereocenters. The number of nitrogens with zero attached hydrogens (tertiary/aromatic N) is 2. The molecule has 1 atom stereocenters. The van der Waals surface area contributed by atoms with Gasteiger partial charge in [-0.25, -0.2) is 4.39 Å². The Bertz CT molecular complexity index is 910. The Morgan fingerprint density at radius 2 is 2.00 bits per heavy atom. The van der Waals surface area contributed by atoms with Gasteiger partial charge in [0.1, 0.15) is 23.9 Å². The van der Waals surface area contributed by atoms with E-state index in [2.05, 4.69) is 33.3 Å². The summed E-state index contributed by atoms with van der Waals surface area (Å²) in [6, 6.07) is 16.3. The number of likely N-dealkylation sites (tertiary alicyclic amines) is 1. The quantitative estimate of drug-likeness (QED) is 0.669. The summed E-state index contributed by atoms with van der Waals surface area (Å²) in [5.41, 5.74) is 3.26. The number of aromatic nitrogens is 2. The van der Waals surface area contributed by atoms with Crippen molar-refractivity contribution in [1.82, 2.24) is 15.1 Å². The average molecular weight is 381 g/mol. The number of ether oxygens (including phenoxy) is 2. The van der Waals surface area contributed by atoms with Gasteiger partial charge in [-0.2, -0.15) is 5.10 Å². The second-order valence-electron chi connectivity index (χ2n) is 7.13. The van der Waals surface area contributed by atoms with Crippen LogP contribution in [0.25, 0.3) is 0 Å². The third-order valence-electron chi connectivity index (χ3n) is 5.09. The van der Waals surface area contributed by atoms with E-state index in [4.69, 9.17) is 9.47 Å². The predicted octanol–water partition coefficient (Wildman–Crippen LogP) is 4.13. The highest BCUT2D eigenvalue weighted by Gasteiger charge is 2.26. The summed E-state index contributed by atoms with van der Waals surface area (Å²) in [4.78, 5) is 2.45. The highest BCUT2D eigenvalue weighted by atomic mass is 19.1. The van der Waals surface area contributed by atoms with E-state index in [0.717, 1.165) is 43.2 Å². The highest BCUT2D eigenvalue weighted by Crippen LogP contribution is 2.28. The monoisotopic (exact) mass is 381 g/mol. The largest absolute Gasteiger partial charge is 0.497 e. The Balaban J connectivity index is 1.31. The molecular weight excluding hydrogens is 357 g/mol. The molecule has 0 spiro atoms. The van der Waals surface area contributed by atoms with E-state index in [1.165, 1.54) is 17.7 Å². The molecule has 0 bridgehead atoms. The zero-order valence-electron chi connectivity index (χ0n) is 15.9. The Morgan fingerprint density at radius 1 is 1.14 bits per heavy atom. The maximum Gasteiger partial charge on any atom is 0.130 e. The third-order valence-corrected chi connectivity index (χ3v) is 5.09. The number of hydrogen-bond donors (Lipinski definition) is 1. The molecule has 2 aromatic carbocycles. The standard InChI is InChI=1S/C22H24FN3O2/c1-27-21-4-2-3-16(11-21)13-26-10-9-17(14-26)22-12-19(24-25-22)15-28-20-7-5-18(23)6-8-20/h2-8,11-12,17H,9-10,13-15H2,1H3,(H,24,25). The molecule has 6 heteroatoms. The Morgan fingerprint density at radius 3 is 2.82 bits per heavy atom. The van der Waals surface area contributed by atoms with Crippen molar-refractivity contribution >= 4 is 0 Å². The maximum atomic E-state index is 13.0. The van der Waals surface area contributed by atoms with Gasteiger partial charge in [0.25, 0.3) is 0 Å². The average Bonchev–Trinajstić information content (AvgIpc) is 3.37. The van der Waals surface area contributed by atoms with Crippen molar-refractivity contribution in [2.24, 2.45) is 0 Å². The highest BCUT2D eigenvalue weighted by molar-refractivity contribution is 5.28. The van der Waals surface area contributed by atoms with Gasteiger partial charge in [-0.05, 0) is 61.0 Å². The van der Waals surface area contributed by atoms with Crippen LogP contribution in [0.3, 0.4) is 0 Å². The molecule has 4 rings (SSSR count). The van der Waals surface area contributed by atoms with Crippen molar-refractivity contribution in [3.63, 3.8) is 0 Å². The number of nitrogens with one attached hydrogen (secondary N) is 1. The van der Waals surface area contributed by atoms with Crippen LogP contribution in [-0.4, -0.2) is 35.3 Å². The molecule has 0 amide bonds. The first-order valence-electron chi connectivity index (χ1n) is 9.47. The summed E-state index contributed by atoms with van der Waals surface area (Å²) >= 11 is 0.